The Bertz CT molecular complexity index is 1040. The molecule has 0 bridgehead atoms. The van der Waals surface area contributed by atoms with E-state index in [-0.39, 0.29) is 23.8 Å². The lowest BCUT2D eigenvalue weighted by Gasteiger charge is -2.14. The second-order valence-electron chi connectivity index (χ2n) is 7.64. The van der Waals surface area contributed by atoms with Gasteiger partial charge >= 0.3 is 5.97 Å². The van der Waals surface area contributed by atoms with Gasteiger partial charge in [0.25, 0.3) is 5.91 Å². The maximum absolute atomic E-state index is 12.3. The maximum atomic E-state index is 12.3. The lowest BCUT2D eigenvalue weighted by atomic mass is 10.0. The van der Waals surface area contributed by atoms with Gasteiger partial charge < -0.3 is 19.5 Å². The maximum Gasteiger partial charge on any atom is 0.349 e. The van der Waals surface area contributed by atoms with Gasteiger partial charge in [0, 0.05) is 6.54 Å². The second kappa shape index (κ2) is 12.9. The van der Waals surface area contributed by atoms with Gasteiger partial charge in [0.15, 0.2) is 18.1 Å². The number of hydrogen-bond donors (Lipinski definition) is 1. The molecular weight excluding hydrogens is 420 g/mol. The molecular formula is C26H30N2O5. The molecule has 1 N–H and O–H groups in total. The first-order valence-electron chi connectivity index (χ1n) is 10.9. The van der Waals surface area contributed by atoms with Crippen LogP contribution in [-0.2, 0) is 9.59 Å². The third kappa shape index (κ3) is 7.69. The SMILES string of the molecule is CCCCNC(=O)/C(C#N)=C/c1ccc(OC(=O)COc2ccccc2C(C)C)c(OC)c1. The second-order valence-corrected chi connectivity index (χ2v) is 7.64. The van der Waals surface area contributed by atoms with Crippen LogP contribution >= 0.6 is 0 Å². The zero-order chi connectivity index (χ0) is 24.2. The topological polar surface area (TPSA) is 97.7 Å². The summed E-state index contributed by atoms with van der Waals surface area (Å²) >= 11 is 0. The van der Waals surface area contributed by atoms with E-state index in [1.165, 1.54) is 13.2 Å². The summed E-state index contributed by atoms with van der Waals surface area (Å²) < 4.78 is 16.4. The monoisotopic (exact) mass is 450 g/mol. The Morgan fingerprint density at radius 3 is 2.55 bits per heavy atom. The number of methoxy groups -OCH3 is 1. The van der Waals surface area contributed by atoms with E-state index in [1.807, 2.05) is 51.1 Å². The van der Waals surface area contributed by atoms with Crippen molar-refractivity contribution in [1.29, 1.82) is 5.26 Å². The van der Waals surface area contributed by atoms with E-state index in [9.17, 15) is 14.9 Å². The highest BCUT2D eigenvalue weighted by molar-refractivity contribution is 6.01. The van der Waals surface area contributed by atoms with Gasteiger partial charge in [-0.15, -0.1) is 0 Å². The first-order chi connectivity index (χ1) is 15.9. The Hall–Kier alpha value is -3.79. The van der Waals surface area contributed by atoms with Crippen molar-refractivity contribution in [3.63, 3.8) is 0 Å². The van der Waals surface area contributed by atoms with Gasteiger partial charge in [-0.1, -0.05) is 51.5 Å². The van der Waals surface area contributed by atoms with Gasteiger partial charge in [0.2, 0.25) is 0 Å². The molecule has 0 fully saturated rings. The number of ether oxygens (including phenoxy) is 3. The smallest absolute Gasteiger partial charge is 0.349 e. The van der Waals surface area contributed by atoms with Gasteiger partial charge in [-0.25, -0.2) is 4.79 Å². The number of nitrogens with one attached hydrogen (secondary N) is 1. The number of esters is 1. The molecule has 7 nitrogen and oxygen atoms in total. The first kappa shape index (κ1) is 25.5. The van der Waals surface area contributed by atoms with E-state index in [4.69, 9.17) is 14.2 Å². The van der Waals surface area contributed by atoms with Gasteiger partial charge in [-0.3, -0.25) is 4.79 Å². The number of nitrogens with zero attached hydrogens (tertiary/aromatic N) is 1. The molecule has 0 unspecified atom stereocenters. The van der Waals surface area contributed by atoms with Crippen molar-refractivity contribution >= 4 is 18.0 Å². The number of carbonyl (C=O) groups is 2. The molecule has 7 heteroatoms. The van der Waals surface area contributed by atoms with E-state index in [2.05, 4.69) is 5.32 Å². The summed E-state index contributed by atoms with van der Waals surface area (Å²) in [5, 5.41) is 12.0. The lowest BCUT2D eigenvalue weighted by Crippen LogP contribution is -2.25. The fourth-order valence-corrected chi connectivity index (χ4v) is 3.03. The average Bonchev–Trinajstić information content (AvgIpc) is 2.82. The van der Waals surface area contributed by atoms with Crippen LogP contribution in [0.2, 0.25) is 0 Å². The van der Waals surface area contributed by atoms with E-state index in [1.54, 1.807) is 18.2 Å². The highest BCUT2D eigenvalue weighted by atomic mass is 16.6. The van der Waals surface area contributed by atoms with Crippen LogP contribution in [-0.4, -0.2) is 32.1 Å². The fourth-order valence-electron chi connectivity index (χ4n) is 3.03. The summed E-state index contributed by atoms with van der Waals surface area (Å²) in [5.74, 6) is 0.389. The summed E-state index contributed by atoms with van der Waals surface area (Å²) in [6.45, 7) is 6.37. The summed E-state index contributed by atoms with van der Waals surface area (Å²) in [6, 6.07) is 14.2. The third-order valence-electron chi connectivity index (χ3n) is 4.79. The van der Waals surface area contributed by atoms with Crippen molar-refractivity contribution < 1.29 is 23.8 Å². The number of amides is 1. The van der Waals surface area contributed by atoms with Gasteiger partial charge in [-0.05, 0) is 47.7 Å². The standard InChI is InChI=1S/C26H30N2O5/c1-5-6-13-28-26(30)20(16-27)14-19-11-12-23(24(15-19)31-4)33-25(29)17-32-22-10-8-7-9-21(22)18(2)3/h7-12,14-15,18H,5-6,13,17H2,1-4H3,(H,28,30)/b20-14+. The van der Waals surface area contributed by atoms with Crippen molar-refractivity contribution in [2.45, 2.75) is 39.5 Å². The molecule has 0 saturated heterocycles. The molecule has 0 heterocycles. The third-order valence-corrected chi connectivity index (χ3v) is 4.79. The van der Waals surface area contributed by atoms with E-state index < -0.39 is 11.9 Å². The summed E-state index contributed by atoms with van der Waals surface area (Å²) in [4.78, 5) is 24.5. The van der Waals surface area contributed by atoms with Crippen LogP contribution < -0.4 is 19.5 Å². The van der Waals surface area contributed by atoms with E-state index in [0.717, 1.165) is 18.4 Å². The predicted octanol–water partition coefficient (Wildman–Crippen LogP) is 4.63. The van der Waals surface area contributed by atoms with Crippen LogP contribution in [0, 0.1) is 11.3 Å². The zero-order valence-corrected chi connectivity index (χ0v) is 19.5. The quantitative estimate of drug-likeness (QED) is 0.176. The largest absolute Gasteiger partial charge is 0.493 e. The predicted molar refractivity (Wildman–Crippen MR) is 126 cm³/mol. The number of para-hydroxylation sites is 1. The van der Waals surface area contributed by atoms with Crippen molar-refractivity contribution in [3.05, 3.63) is 59.2 Å². The van der Waals surface area contributed by atoms with Crippen LogP contribution in [0.15, 0.2) is 48.0 Å². The molecule has 0 spiro atoms. The molecule has 0 aliphatic rings. The number of benzene rings is 2. The van der Waals surface area contributed by atoms with Crippen LogP contribution in [0.3, 0.4) is 0 Å². The molecule has 0 aliphatic heterocycles. The Kier molecular flexibility index (Phi) is 9.97. The molecule has 0 saturated carbocycles. The zero-order valence-electron chi connectivity index (χ0n) is 19.5. The van der Waals surface area contributed by atoms with Crippen molar-refractivity contribution in [1.82, 2.24) is 5.32 Å². The fraction of sp³-hybridized carbons (Fsp3) is 0.346. The van der Waals surface area contributed by atoms with Gasteiger partial charge in [0.1, 0.15) is 17.4 Å². The van der Waals surface area contributed by atoms with Gasteiger partial charge in [-0.2, -0.15) is 5.26 Å². The molecule has 33 heavy (non-hydrogen) atoms. The molecule has 0 aromatic heterocycles. The Balaban J connectivity index is 2.08. The van der Waals surface area contributed by atoms with Crippen LogP contribution in [0.4, 0.5) is 0 Å². The summed E-state index contributed by atoms with van der Waals surface area (Å²) in [6.07, 6.45) is 3.24. The highest BCUT2D eigenvalue weighted by Crippen LogP contribution is 2.30. The number of rotatable bonds is 11. The minimum Gasteiger partial charge on any atom is -0.493 e. The number of carbonyl (C=O) groups excluding carboxylic acids is 2. The molecule has 0 radical (unpaired) electrons. The van der Waals surface area contributed by atoms with Crippen molar-refractivity contribution in [2.24, 2.45) is 0 Å². The lowest BCUT2D eigenvalue weighted by molar-refractivity contribution is -0.136. The average molecular weight is 451 g/mol. The highest BCUT2D eigenvalue weighted by Gasteiger charge is 2.14. The molecule has 0 aliphatic carbocycles. The normalized spacial score (nSPS) is 11.0. The Morgan fingerprint density at radius 2 is 1.88 bits per heavy atom. The molecule has 2 aromatic carbocycles. The molecule has 174 valence electrons. The number of unbranched alkanes of at least 4 members (excludes halogenated alkanes) is 1. The van der Waals surface area contributed by atoms with Crippen LogP contribution in [0.25, 0.3) is 6.08 Å². The van der Waals surface area contributed by atoms with Crippen LogP contribution in [0.1, 0.15) is 50.7 Å². The number of hydrogen-bond acceptors (Lipinski definition) is 6. The van der Waals surface area contributed by atoms with Crippen molar-refractivity contribution in [3.8, 4) is 23.3 Å². The summed E-state index contributed by atoms with van der Waals surface area (Å²) in [7, 11) is 1.44. The molecule has 2 aromatic rings. The Morgan fingerprint density at radius 1 is 1.12 bits per heavy atom. The molecule has 2 rings (SSSR count). The Labute approximate surface area is 195 Å². The van der Waals surface area contributed by atoms with Crippen molar-refractivity contribution in [2.75, 3.05) is 20.3 Å². The molecule has 0 atom stereocenters. The minimum absolute atomic E-state index is 0.0184. The van der Waals surface area contributed by atoms with Crippen LogP contribution in [0.5, 0.6) is 17.2 Å². The van der Waals surface area contributed by atoms with E-state index >= 15 is 0 Å². The summed E-state index contributed by atoms with van der Waals surface area (Å²) in [5.41, 5.74) is 1.55. The number of nitriles is 1. The minimum atomic E-state index is -0.580. The van der Waals surface area contributed by atoms with E-state index in [0.29, 0.717) is 23.6 Å². The first-order valence-corrected chi connectivity index (χ1v) is 10.9. The molecule has 1 amide bonds. The van der Waals surface area contributed by atoms with Gasteiger partial charge in [0.05, 0.1) is 7.11 Å².